The number of hydrogen-bond acceptors (Lipinski definition) is 1. The van der Waals surface area contributed by atoms with Crippen LogP contribution in [0.25, 0.3) is 5.69 Å². The molecule has 0 amide bonds. The largest absolute Gasteiger partial charge is 0.418 e. The lowest BCUT2D eigenvalue weighted by molar-refractivity contribution is -0.137. The summed E-state index contributed by atoms with van der Waals surface area (Å²) in [6.45, 7) is 0. The van der Waals surface area contributed by atoms with Crippen LogP contribution in [0.15, 0.2) is 35.3 Å². The number of aromatic nitrogens is 2. The second-order valence-electron chi connectivity index (χ2n) is 5.01. The van der Waals surface area contributed by atoms with E-state index in [0.717, 1.165) is 30.0 Å². The third kappa shape index (κ3) is 2.05. The lowest BCUT2D eigenvalue weighted by atomic mass is 9.81. The van der Waals surface area contributed by atoms with Gasteiger partial charge in [-0.2, -0.15) is 13.2 Å². The second-order valence-corrected chi connectivity index (χ2v) is 5.01. The summed E-state index contributed by atoms with van der Waals surface area (Å²) < 4.78 is 39.9. The highest BCUT2D eigenvalue weighted by Crippen LogP contribution is 2.36. The molecule has 1 aliphatic carbocycles. The minimum atomic E-state index is -4.49. The zero-order chi connectivity index (χ0) is 14.3. The van der Waals surface area contributed by atoms with E-state index < -0.39 is 11.7 Å². The zero-order valence-electron chi connectivity index (χ0n) is 10.6. The van der Waals surface area contributed by atoms with Gasteiger partial charge in [-0.05, 0) is 30.9 Å². The van der Waals surface area contributed by atoms with Crippen LogP contribution in [0.5, 0.6) is 0 Å². The molecular formula is C14H13F3N2O. The molecule has 1 aromatic heterocycles. The number of halogens is 3. The number of para-hydroxylation sites is 1. The molecule has 1 fully saturated rings. The maximum atomic E-state index is 13.0. The summed E-state index contributed by atoms with van der Waals surface area (Å²) in [7, 11) is 0. The van der Waals surface area contributed by atoms with Gasteiger partial charge in [0.15, 0.2) is 0 Å². The van der Waals surface area contributed by atoms with Crippen molar-refractivity contribution in [3.05, 3.63) is 51.9 Å². The van der Waals surface area contributed by atoms with Gasteiger partial charge in [0.05, 0.1) is 11.3 Å². The molecule has 2 aromatic rings. The summed E-state index contributed by atoms with van der Waals surface area (Å²) in [6, 6.07) is 5.07. The number of nitrogens with one attached hydrogen (secondary N) is 1. The van der Waals surface area contributed by atoms with Gasteiger partial charge in [0, 0.05) is 11.8 Å². The monoisotopic (exact) mass is 282 g/mol. The molecule has 0 radical (unpaired) electrons. The molecule has 106 valence electrons. The van der Waals surface area contributed by atoms with Gasteiger partial charge in [-0.15, -0.1) is 0 Å². The van der Waals surface area contributed by atoms with Gasteiger partial charge in [0.2, 0.25) is 0 Å². The number of hydrogen-bond donors (Lipinski definition) is 1. The average molecular weight is 282 g/mol. The first-order valence-corrected chi connectivity index (χ1v) is 6.45. The molecule has 0 saturated heterocycles. The van der Waals surface area contributed by atoms with Crippen LogP contribution in [-0.4, -0.2) is 9.78 Å². The predicted octanol–water partition coefficient (Wildman–Crippen LogP) is 3.45. The Morgan fingerprint density at radius 2 is 1.90 bits per heavy atom. The average Bonchev–Trinajstić information content (AvgIpc) is 2.69. The molecule has 0 atom stereocenters. The van der Waals surface area contributed by atoms with Crippen molar-refractivity contribution in [2.75, 3.05) is 0 Å². The lowest BCUT2D eigenvalue weighted by Gasteiger charge is -2.23. The number of H-pyrrole nitrogens is 1. The summed E-state index contributed by atoms with van der Waals surface area (Å²) in [5.74, 6) is 0.179. The van der Waals surface area contributed by atoms with Gasteiger partial charge in [0.1, 0.15) is 0 Å². The Bertz CT molecular complexity index is 680. The first-order valence-electron chi connectivity index (χ1n) is 6.45. The van der Waals surface area contributed by atoms with E-state index in [0.29, 0.717) is 5.56 Å². The Hall–Kier alpha value is -1.98. The van der Waals surface area contributed by atoms with E-state index in [2.05, 4.69) is 5.10 Å². The van der Waals surface area contributed by atoms with Gasteiger partial charge in [0.25, 0.3) is 5.56 Å². The van der Waals surface area contributed by atoms with Crippen molar-refractivity contribution in [2.45, 2.75) is 31.4 Å². The molecule has 1 N–H and O–H groups in total. The Morgan fingerprint density at radius 3 is 2.50 bits per heavy atom. The highest BCUT2D eigenvalue weighted by molar-refractivity contribution is 5.42. The van der Waals surface area contributed by atoms with Crippen LogP contribution in [-0.2, 0) is 6.18 Å². The molecule has 1 aromatic carbocycles. The van der Waals surface area contributed by atoms with E-state index in [1.807, 2.05) is 0 Å². The molecule has 1 heterocycles. The number of rotatable bonds is 2. The minimum absolute atomic E-state index is 0.157. The maximum Gasteiger partial charge on any atom is 0.418 e. The first kappa shape index (κ1) is 13.0. The Balaban J connectivity index is 2.10. The van der Waals surface area contributed by atoms with Crippen molar-refractivity contribution in [1.29, 1.82) is 0 Å². The van der Waals surface area contributed by atoms with E-state index in [1.54, 1.807) is 0 Å². The van der Waals surface area contributed by atoms with Crippen molar-refractivity contribution in [3.8, 4) is 5.69 Å². The molecule has 20 heavy (non-hydrogen) atoms. The third-order valence-electron chi connectivity index (χ3n) is 3.79. The molecule has 1 saturated carbocycles. The number of alkyl halides is 3. The fourth-order valence-corrected chi connectivity index (χ4v) is 2.48. The fourth-order valence-electron chi connectivity index (χ4n) is 2.48. The molecule has 3 rings (SSSR count). The predicted molar refractivity (Wildman–Crippen MR) is 68.0 cm³/mol. The molecule has 0 bridgehead atoms. The van der Waals surface area contributed by atoms with Crippen molar-refractivity contribution >= 4 is 0 Å². The van der Waals surface area contributed by atoms with E-state index in [-0.39, 0.29) is 17.2 Å². The quantitative estimate of drug-likeness (QED) is 0.900. The fraction of sp³-hybridized carbons (Fsp3) is 0.357. The van der Waals surface area contributed by atoms with Crippen LogP contribution >= 0.6 is 0 Å². The lowest BCUT2D eigenvalue weighted by Crippen LogP contribution is -2.24. The summed E-state index contributed by atoms with van der Waals surface area (Å²) >= 11 is 0. The van der Waals surface area contributed by atoms with Crippen molar-refractivity contribution in [1.82, 2.24) is 9.78 Å². The molecule has 0 spiro atoms. The third-order valence-corrected chi connectivity index (χ3v) is 3.79. The zero-order valence-corrected chi connectivity index (χ0v) is 10.6. The van der Waals surface area contributed by atoms with E-state index >= 15 is 0 Å². The van der Waals surface area contributed by atoms with Crippen molar-refractivity contribution < 1.29 is 13.2 Å². The van der Waals surface area contributed by atoms with E-state index in [9.17, 15) is 18.0 Å². The van der Waals surface area contributed by atoms with Gasteiger partial charge in [-0.3, -0.25) is 9.89 Å². The number of aromatic amines is 1. The SMILES string of the molecule is O=c1c(C2CCC2)c[nH]n1-c1ccccc1C(F)(F)F. The van der Waals surface area contributed by atoms with Crippen LogP contribution in [0.4, 0.5) is 13.2 Å². The Kier molecular flexibility index (Phi) is 2.96. The normalized spacial score (nSPS) is 16.1. The first-order chi connectivity index (χ1) is 9.48. The van der Waals surface area contributed by atoms with Gasteiger partial charge in [-0.25, -0.2) is 4.68 Å². The van der Waals surface area contributed by atoms with Gasteiger partial charge >= 0.3 is 6.18 Å². The smallest absolute Gasteiger partial charge is 0.298 e. The summed E-state index contributed by atoms with van der Waals surface area (Å²) in [5.41, 5.74) is -0.778. The maximum absolute atomic E-state index is 13.0. The van der Waals surface area contributed by atoms with Crippen molar-refractivity contribution in [3.63, 3.8) is 0 Å². The Morgan fingerprint density at radius 1 is 1.20 bits per heavy atom. The molecule has 1 aliphatic rings. The highest BCUT2D eigenvalue weighted by atomic mass is 19.4. The van der Waals surface area contributed by atoms with Crippen LogP contribution < -0.4 is 5.56 Å². The summed E-state index contributed by atoms with van der Waals surface area (Å²) in [6.07, 6.45) is -0.0481. The van der Waals surface area contributed by atoms with E-state index in [4.69, 9.17) is 0 Å². The molecule has 0 aliphatic heterocycles. The van der Waals surface area contributed by atoms with Crippen LogP contribution in [0.2, 0.25) is 0 Å². The topological polar surface area (TPSA) is 37.8 Å². The number of benzene rings is 1. The molecule has 6 heteroatoms. The molecule has 0 unspecified atom stereocenters. The number of nitrogens with zero attached hydrogens (tertiary/aromatic N) is 1. The minimum Gasteiger partial charge on any atom is -0.298 e. The second kappa shape index (κ2) is 4.54. The Labute approximate surface area is 113 Å². The van der Waals surface area contributed by atoms with E-state index in [1.165, 1.54) is 24.4 Å². The van der Waals surface area contributed by atoms with Crippen LogP contribution in [0, 0.1) is 0 Å². The highest BCUT2D eigenvalue weighted by Gasteiger charge is 2.34. The summed E-state index contributed by atoms with van der Waals surface area (Å²) in [5, 5.41) is 2.66. The van der Waals surface area contributed by atoms with Gasteiger partial charge < -0.3 is 0 Å². The van der Waals surface area contributed by atoms with Crippen LogP contribution in [0.1, 0.15) is 36.3 Å². The van der Waals surface area contributed by atoms with Crippen LogP contribution in [0.3, 0.4) is 0 Å². The molecular weight excluding hydrogens is 269 g/mol. The summed E-state index contributed by atoms with van der Waals surface area (Å²) in [4.78, 5) is 12.2. The van der Waals surface area contributed by atoms with Crippen molar-refractivity contribution in [2.24, 2.45) is 0 Å². The van der Waals surface area contributed by atoms with Gasteiger partial charge in [-0.1, -0.05) is 18.6 Å². The molecule has 3 nitrogen and oxygen atoms in total. The standard InChI is InChI=1S/C14H13F3N2O/c15-14(16,17)11-6-1-2-7-12(11)19-13(20)10(8-18-19)9-4-3-5-9/h1-2,6-9,18H,3-5H2.